The van der Waals surface area contributed by atoms with Crippen molar-refractivity contribution in [2.24, 2.45) is 0 Å². The molecule has 1 aromatic heterocycles. The Morgan fingerprint density at radius 2 is 1.92 bits per heavy atom. The third-order valence-electron chi connectivity index (χ3n) is 5.36. The topological polar surface area (TPSA) is 59.3 Å². The van der Waals surface area contributed by atoms with E-state index in [1.165, 1.54) is 0 Å². The highest BCUT2D eigenvalue weighted by atomic mass is 15.3. The average molecular weight is 352 g/mol. The molecule has 1 fully saturated rings. The lowest BCUT2D eigenvalue weighted by Crippen LogP contribution is -2.44. The van der Waals surface area contributed by atoms with Gasteiger partial charge in [0.05, 0.1) is 18.0 Å². The number of rotatable bonds is 6. The number of anilines is 2. The summed E-state index contributed by atoms with van der Waals surface area (Å²) in [6.07, 6.45) is 2.76. The quantitative estimate of drug-likeness (QED) is 0.797. The lowest BCUT2D eigenvalue weighted by atomic mass is 10.0. The van der Waals surface area contributed by atoms with Gasteiger partial charge in [0.2, 0.25) is 5.95 Å². The van der Waals surface area contributed by atoms with E-state index in [1.807, 2.05) is 25.2 Å². The zero-order valence-corrected chi connectivity index (χ0v) is 16.0. The zero-order valence-electron chi connectivity index (χ0n) is 16.0. The molecule has 6 nitrogen and oxygen atoms in total. The molecule has 3 rings (SSSR count). The third-order valence-corrected chi connectivity index (χ3v) is 5.36. The summed E-state index contributed by atoms with van der Waals surface area (Å²) in [5.74, 6) is 1.68. The molecule has 0 aliphatic carbocycles. The van der Waals surface area contributed by atoms with E-state index in [2.05, 4.69) is 40.8 Å². The highest BCUT2D eigenvalue weighted by molar-refractivity contribution is 5.90. The summed E-state index contributed by atoms with van der Waals surface area (Å²) in [5, 5.41) is 9.94. The van der Waals surface area contributed by atoms with Gasteiger partial charge in [-0.15, -0.1) is 0 Å². The lowest BCUT2D eigenvalue weighted by Gasteiger charge is -2.36. The minimum Gasteiger partial charge on any atom is -0.358 e. The van der Waals surface area contributed by atoms with E-state index < -0.39 is 0 Å². The maximum Gasteiger partial charge on any atom is 0.227 e. The number of piperidine rings is 1. The molecule has 0 unspecified atom stereocenters. The Morgan fingerprint density at radius 3 is 2.62 bits per heavy atom. The van der Waals surface area contributed by atoms with Crippen molar-refractivity contribution < 1.29 is 0 Å². The predicted octanol–water partition coefficient (Wildman–Crippen LogP) is 2.90. The number of para-hydroxylation sites is 1. The Bertz CT molecular complexity index is 775. The van der Waals surface area contributed by atoms with Gasteiger partial charge in [-0.3, -0.25) is 0 Å². The second-order valence-electron chi connectivity index (χ2n) is 6.97. The Hall–Kier alpha value is -2.39. The van der Waals surface area contributed by atoms with Gasteiger partial charge in [0.25, 0.3) is 0 Å². The fourth-order valence-electron chi connectivity index (χ4n) is 3.61. The molecule has 0 saturated carbocycles. The lowest BCUT2D eigenvalue weighted by molar-refractivity contribution is 0.220. The van der Waals surface area contributed by atoms with Crippen LogP contribution in [0.2, 0.25) is 0 Å². The van der Waals surface area contributed by atoms with Crippen LogP contribution in [-0.4, -0.2) is 61.2 Å². The van der Waals surface area contributed by atoms with Crippen molar-refractivity contribution in [3.63, 3.8) is 0 Å². The third kappa shape index (κ3) is 3.88. The Balaban J connectivity index is 1.90. The number of likely N-dealkylation sites (tertiary alicyclic amines) is 1. The van der Waals surface area contributed by atoms with E-state index in [9.17, 15) is 0 Å². The fourth-order valence-corrected chi connectivity index (χ4v) is 3.61. The van der Waals surface area contributed by atoms with Crippen molar-refractivity contribution in [1.82, 2.24) is 14.9 Å². The SMILES string of the molecule is CCN1CCC(N(C)c2nc(N(C)CCC#N)c3ccccc3n2)CC1. The summed E-state index contributed by atoms with van der Waals surface area (Å²) in [4.78, 5) is 16.5. The second-order valence-corrected chi connectivity index (χ2v) is 6.97. The molecule has 0 radical (unpaired) electrons. The van der Waals surface area contributed by atoms with E-state index in [4.69, 9.17) is 15.2 Å². The van der Waals surface area contributed by atoms with Gasteiger partial charge in [0, 0.05) is 45.2 Å². The maximum absolute atomic E-state index is 8.91. The van der Waals surface area contributed by atoms with Crippen LogP contribution in [0, 0.1) is 11.3 Å². The van der Waals surface area contributed by atoms with Crippen molar-refractivity contribution in [2.75, 3.05) is 50.1 Å². The van der Waals surface area contributed by atoms with Crippen LogP contribution in [0.25, 0.3) is 10.9 Å². The minimum absolute atomic E-state index is 0.469. The Morgan fingerprint density at radius 1 is 1.19 bits per heavy atom. The van der Waals surface area contributed by atoms with Crippen LogP contribution in [0.1, 0.15) is 26.2 Å². The molecule has 1 aromatic carbocycles. The number of benzene rings is 1. The molecule has 2 aromatic rings. The van der Waals surface area contributed by atoms with Gasteiger partial charge >= 0.3 is 0 Å². The summed E-state index contributed by atoms with van der Waals surface area (Å²) in [5.41, 5.74) is 0.953. The number of nitrogens with zero attached hydrogens (tertiary/aromatic N) is 6. The normalized spacial score (nSPS) is 15.8. The van der Waals surface area contributed by atoms with Crippen LogP contribution in [0.15, 0.2) is 24.3 Å². The van der Waals surface area contributed by atoms with Crippen molar-refractivity contribution >= 4 is 22.7 Å². The van der Waals surface area contributed by atoms with Crippen molar-refractivity contribution in [1.29, 1.82) is 5.26 Å². The van der Waals surface area contributed by atoms with Gasteiger partial charge in [-0.2, -0.15) is 10.2 Å². The fraction of sp³-hybridized carbons (Fsp3) is 0.550. The zero-order chi connectivity index (χ0) is 18.5. The smallest absolute Gasteiger partial charge is 0.227 e. The van der Waals surface area contributed by atoms with Crippen LogP contribution < -0.4 is 9.80 Å². The van der Waals surface area contributed by atoms with Gasteiger partial charge in [0.1, 0.15) is 5.82 Å². The first-order valence-electron chi connectivity index (χ1n) is 9.44. The summed E-state index contributed by atoms with van der Waals surface area (Å²) in [7, 11) is 4.10. The predicted molar refractivity (Wildman–Crippen MR) is 107 cm³/mol. The molecule has 0 amide bonds. The molecule has 138 valence electrons. The molecule has 0 N–H and O–H groups in total. The molecule has 0 atom stereocenters. The summed E-state index contributed by atoms with van der Waals surface area (Å²) >= 11 is 0. The van der Waals surface area contributed by atoms with Crippen LogP contribution in [0.5, 0.6) is 0 Å². The van der Waals surface area contributed by atoms with Gasteiger partial charge < -0.3 is 14.7 Å². The molecular weight excluding hydrogens is 324 g/mol. The average Bonchev–Trinajstić information content (AvgIpc) is 2.70. The first-order chi connectivity index (χ1) is 12.6. The summed E-state index contributed by atoms with van der Waals surface area (Å²) in [6, 6.07) is 10.8. The Kier molecular flexibility index (Phi) is 5.89. The molecule has 0 bridgehead atoms. The van der Waals surface area contributed by atoms with E-state index in [1.54, 1.807) is 0 Å². The van der Waals surface area contributed by atoms with Gasteiger partial charge in [-0.1, -0.05) is 19.1 Å². The summed E-state index contributed by atoms with van der Waals surface area (Å²) in [6.45, 7) is 6.27. The molecule has 1 aliphatic heterocycles. The van der Waals surface area contributed by atoms with Crippen molar-refractivity contribution in [3.8, 4) is 6.07 Å². The monoisotopic (exact) mass is 352 g/mol. The first-order valence-corrected chi connectivity index (χ1v) is 9.44. The number of fused-ring (bicyclic) bond motifs is 1. The molecule has 26 heavy (non-hydrogen) atoms. The number of aromatic nitrogens is 2. The molecular formula is C20H28N6. The van der Waals surface area contributed by atoms with Gasteiger partial charge in [-0.25, -0.2) is 4.98 Å². The molecule has 1 aliphatic rings. The van der Waals surface area contributed by atoms with E-state index in [0.29, 0.717) is 19.0 Å². The van der Waals surface area contributed by atoms with Gasteiger partial charge in [0.15, 0.2) is 0 Å². The molecule has 0 spiro atoms. The molecule has 2 heterocycles. The van der Waals surface area contributed by atoms with Crippen LogP contribution in [0.4, 0.5) is 11.8 Å². The molecule has 6 heteroatoms. The molecule has 1 saturated heterocycles. The summed E-state index contributed by atoms with van der Waals surface area (Å²) < 4.78 is 0. The van der Waals surface area contributed by atoms with Crippen molar-refractivity contribution in [2.45, 2.75) is 32.2 Å². The van der Waals surface area contributed by atoms with Crippen molar-refractivity contribution in [3.05, 3.63) is 24.3 Å². The highest BCUT2D eigenvalue weighted by Crippen LogP contribution is 2.27. The van der Waals surface area contributed by atoms with Crippen LogP contribution in [0.3, 0.4) is 0 Å². The van der Waals surface area contributed by atoms with Crippen LogP contribution in [-0.2, 0) is 0 Å². The second kappa shape index (κ2) is 8.33. The van der Waals surface area contributed by atoms with E-state index >= 15 is 0 Å². The highest BCUT2D eigenvalue weighted by Gasteiger charge is 2.24. The van der Waals surface area contributed by atoms with E-state index in [0.717, 1.165) is 55.1 Å². The van der Waals surface area contributed by atoms with Crippen LogP contribution >= 0.6 is 0 Å². The Labute approximate surface area is 156 Å². The van der Waals surface area contributed by atoms with E-state index in [-0.39, 0.29) is 0 Å². The van der Waals surface area contributed by atoms with Gasteiger partial charge in [-0.05, 0) is 31.5 Å². The maximum atomic E-state index is 8.91. The standard InChI is InChI=1S/C20H28N6/c1-4-26-14-10-16(11-15-26)25(3)20-22-18-9-6-5-8-17(18)19(23-20)24(2)13-7-12-21/h5-6,8-9,16H,4,7,10-11,13-15H2,1-3H3. The number of hydrogen-bond acceptors (Lipinski definition) is 6. The largest absolute Gasteiger partial charge is 0.358 e. The number of hydrogen-bond donors (Lipinski definition) is 0. The first kappa shape index (κ1) is 18.4. The number of nitriles is 1. The minimum atomic E-state index is 0.469.